The van der Waals surface area contributed by atoms with Crippen LogP contribution in [0.15, 0.2) is 18.2 Å². The molecule has 0 aliphatic heterocycles. The third kappa shape index (κ3) is 2.89. The molecule has 0 bridgehead atoms. The van der Waals surface area contributed by atoms with Gasteiger partial charge >= 0.3 is 0 Å². The first-order chi connectivity index (χ1) is 8.72. The maximum Gasteiger partial charge on any atom is 0.212 e. The summed E-state index contributed by atoms with van der Waals surface area (Å²) in [5.74, 6) is 2.21. The molecule has 0 fully saturated rings. The molecule has 0 aliphatic carbocycles. The molecule has 0 amide bonds. The molecule has 0 atom stereocenters. The van der Waals surface area contributed by atoms with Gasteiger partial charge in [0, 0.05) is 5.88 Å². The van der Waals surface area contributed by atoms with Crippen LogP contribution in [-0.4, -0.2) is 27.3 Å². The van der Waals surface area contributed by atoms with Crippen LogP contribution in [0.2, 0.25) is 0 Å². The van der Waals surface area contributed by atoms with Gasteiger partial charge in [-0.3, -0.25) is 0 Å². The van der Waals surface area contributed by atoms with Gasteiger partial charge in [-0.15, -0.1) is 21.8 Å². The molecule has 1 aromatic carbocycles. The van der Waals surface area contributed by atoms with Gasteiger partial charge in [0.25, 0.3) is 0 Å². The second kappa shape index (κ2) is 5.68. The zero-order valence-electron chi connectivity index (χ0n) is 10.1. The lowest BCUT2D eigenvalue weighted by Crippen LogP contribution is -2.01. The van der Waals surface area contributed by atoms with Crippen LogP contribution in [0, 0.1) is 0 Å². The molecule has 2 aromatic rings. The number of methoxy groups -OCH3 is 1. The van der Waals surface area contributed by atoms with Crippen LogP contribution in [-0.2, 0) is 19.5 Å². The minimum absolute atomic E-state index is 0.240. The summed E-state index contributed by atoms with van der Waals surface area (Å²) in [4.78, 5) is 1.38. The molecule has 1 aromatic heterocycles. The van der Waals surface area contributed by atoms with Crippen molar-refractivity contribution in [1.29, 1.82) is 0 Å². The number of benzene rings is 1. The Balaban J connectivity index is 2.08. The van der Waals surface area contributed by atoms with Crippen LogP contribution in [0.5, 0.6) is 11.5 Å². The van der Waals surface area contributed by atoms with E-state index in [1.807, 2.05) is 18.2 Å². The van der Waals surface area contributed by atoms with E-state index in [1.54, 1.807) is 14.2 Å². The number of halogens is 1. The van der Waals surface area contributed by atoms with Crippen molar-refractivity contribution < 1.29 is 9.47 Å². The Hall–Kier alpha value is -1.82. The fourth-order valence-electron chi connectivity index (χ4n) is 1.44. The Morgan fingerprint density at radius 2 is 2.17 bits per heavy atom. The number of hydrogen-bond acceptors (Lipinski definition) is 5. The normalized spacial score (nSPS) is 10.4. The molecule has 2 rings (SSSR count). The molecular weight excluding hydrogens is 256 g/mol. The van der Waals surface area contributed by atoms with E-state index in [0.29, 0.717) is 23.2 Å². The maximum absolute atomic E-state index is 5.76. The van der Waals surface area contributed by atoms with Gasteiger partial charge < -0.3 is 9.47 Å². The Bertz CT molecular complexity index is 530. The smallest absolute Gasteiger partial charge is 0.212 e. The predicted octanol–water partition coefficient (Wildman–Crippen LogP) is 1.54. The number of nitrogens with zero attached hydrogens (tertiary/aromatic N) is 4. The molecule has 0 aliphatic rings. The summed E-state index contributed by atoms with van der Waals surface area (Å²) in [7, 11) is 3.28. The molecule has 0 radical (unpaired) electrons. The summed E-state index contributed by atoms with van der Waals surface area (Å²) >= 11 is 5.76. The van der Waals surface area contributed by atoms with Crippen molar-refractivity contribution in [3.8, 4) is 11.5 Å². The average molecular weight is 269 g/mol. The number of ether oxygens (including phenoxy) is 2. The van der Waals surface area contributed by atoms with Crippen LogP contribution in [0.4, 0.5) is 0 Å². The third-order valence-corrected chi connectivity index (χ3v) is 2.60. The number of hydrogen-bond donors (Lipinski definition) is 0. The predicted molar refractivity (Wildman–Crippen MR) is 65.7 cm³/mol. The molecule has 0 N–H and O–H groups in total. The monoisotopic (exact) mass is 268 g/mol. The number of aryl methyl sites for hydroxylation is 1. The lowest BCUT2D eigenvalue weighted by atomic mass is 10.2. The summed E-state index contributed by atoms with van der Waals surface area (Å²) in [5, 5.41) is 11.6. The summed E-state index contributed by atoms with van der Waals surface area (Å²) in [6.45, 7) is 0.240. The fourth-order valence-corrected chi connectivity index (χ4v) is 1.60. The molecule has 6 nitrogen and oxygen atoms in total. The largest absolute Gasteiger partial charge is 0.493 e. The Labute approximate surface area is 109 Å². The first kappa shape index (κ1) is 12.6. The van der Waals surface area contributed by atoms with Crippen molar-refractivity contribution in [2.45, 2.75) is 12.5 Å². The van der Waals surface area contributed by atoms with E-state index < -0.39 is 0 Å². The highest BCUT2D eigenvalue weighted by Gasteiger charge is 2.07. The van der Waals surface area contributed by atoms with Gasteiger partial charge in [0.2, 0.25) is 5.82 Å². The summed E-state index contributed by atoms with van der Waals surface area (Å²) in [6, 6.07) is 5.54. The van der Waals surface area contributed by atoms with Crippen molar-refractivity contribution in [3.05, 3.63) is 29.6 Å². The second-order valence-electron chi connectivity index (χ2n) is 3.60. The van der Waals surface area contributed by atoms with Gasteiger partial charge in [-0.2, -0.15) is 4.80 Å². The van der Waals surface area contributed by atoms with Crippen LogP contribution < -0.4 is 9.47 Å². The van der Waals surface area contributed by atoms with E-state index in [1.165, 1.54) is 4.80 Å². The van der Waals surface area contributed by atoms with Crippen molar-refractivity contribution in [2.24, 2.45) is 7.05 Å². The van der Waals surface area contributed by atoms with Crippen molar-refractivity contribution in [3.63, 3.8) is 0 Å². The number of aromatic nitrogens is 4. The Morgan fingerprint density at radius 1 is 1.33 bits per heavy atom. The topological polar surface area (TPSA) is 62.1 Å². The second-order valence-corrected chi connectivity index (χ2v) is 3.87. The lowest BCUT2D eigenvalue weighted by Gasteiger charge is -2.10. The number of tetrazole rings is 1. The zero-order valence-corrected chi connectivity index (χ0v) is 10.9. The Kier molecular flexibility index (Phi) is 3.99. The average Bonchev–Trinajstić information content (AvgIpc) is 2.82. The van der Waals surface area contributed by atoms with Crippen LogP contribution in [0.25, 0.3) is 0 Å². The highest BCUT2D eigenvalue weighted by Crippen LogP contribution is 2.29. The van der Waals surface area contributed by atoms with Gasteiger partial charge in [0.15, 0.2) is 18.1 Å². The zero-order chi connectivity index (χ0) is 13.0. The third-order valence-electron chi connectivity index (χ3n) is 2.29. The van der Waals surface area contributed by atoms with E-state index in [0.717, 1.165) is 5.56 Å². The van der Waals surface area contributed by atoms with Gasteiger partial charge in [0.1, 0.15) is 0 Å². The van der Waals surface area contributed by atoms with Crippen LogP contribution >= 0.6 is 11.6 Å². The van der Waals surface area contributed by atoms with Gasteiger partial charge in [-0.1, -0.05) is 6.07 Å². The van der Waals surface area contributed by atoms with Crippen LogP contribution in [0.1, 0.15) is 11.4 Å². The van der Waals surface area contributed by atoms with E-state index in [9.17, 15) is 0 Å². The highest BCUT2D eigenvalue weighted by atomic mass is 35.5. The molecule has 96 valence electrons. The van der Waals surface area contributed by atoms with E-state index in [-0.39, 0.29) is 6.61 Å². The maximum atomic E-state index is 5.76. The number of alkyl halides is 1. The molecule has 0 saturated carbocycles. The molecule has 0 spiro atoms. The van der Waals surface area contributed by atoms with Crippen molar-refractivity contribution in [2.75, 3.05) is 7.11 Å². The molecule has 0 saturated heterocycles. The highest BCUT2D eigenvalue weighted by molar-refractivity contribution is 6.17. The molecule has 1 heterocycles. The van der Waals surface area contributed by atoms with Crippen LogP contribution in [0.3, 0.4) is 0 Å². The van der Waals surface area contributed by atoms with Gasteiger partial charge in [-0.05, 0) is 22.9 Å². The summed E-state index contributed by atoms with van der Waals surface area (Å²) < 4.78 is 10.8. The van der Waals surface area contributed by atoms with E-state index >= 15 is 0 Å². The Morgan fingerprint density at radius 3 is 2.78 bits per heavy atom. The first-order valence-electron chi connectivity index (χ1n) is 5.31. The first-order valence-corrected chi connectivity index (χ1v) is 5.85. The van der Waals surface area contributed by atoms with Crippen molar-refractivity contribution in [1.82, 2.24) is 20.2 Å². The number of rotatable bonds is 5. The van der Waals surface area contributed by atoms with Gasteiger partial charge in [0.05, 0.1) is 14.2 Å². The van der Waals surface area contributed by atoms with E-state index in [2.05, 4.69) is 15.4 Å². The minimum Gasteiger partial charge on any atom is -0.493 e. The standard InChI is InChI=1S/C11H13ClN4O2/c1-16-14-11(13-15-16)7-18-9-4-3-8(6-12)5-10(9)17-2/h3-5H,6-7H2,1-2H3. The summed E-state index contributed by atoms with van der Waals surface area (Å²) in [6.07, 6.45) is 0. The SMILES string of the molecule is COc1cc(CCl)ccc1OCc1nnn(C)n1. The van der Waals surface area contributed by atoms with Crippen molar-refractivity contribution >= 4 is 11.6 Å². The molecular formula is C11H13ClN4O2. The lowest BCUT2D eigenvalue weighted by molar-refractivity contribution is 0.276. The molecule has 7 heteroatoms. The summed E-state index contributed by atoms with van der Waals surface area (Å²) in [5.41, 5.74) is 0.971. The quantitative estimate of drug-likeness (QED) is 0.770. The minimum atomic E-state index is 0.240. The fraction of sp³-hybridized carbons (Fsp3) is 0.364. The molecule has 18 heavy (non-hydrogen) atoms. The van der Waals surface area contributed by atoms with Gasteiger partial charge in [-0.25, -0.2) is 0 Å². The van der Waals surface area contributed by atoms with E-state index in [4.69, 9.17) is 21.1 Å². The molecule has 0 unspecified atom stereocenters.